The lowest BCUT2D eigenvalue weighted by molar-refractivity contribution is -0.167. The molecule has 0 N–H and O–H groups in total. The molecule has 0 aromatic heterocycles. The van der Waals surface area contributed by atoms with Gasteiger partial charge in [0, 0.05) is 19.3 Å². The number of rotatable bonds is 57. The first-order chi connectivity index (χ1) is 35.5. The van der Waals surface area contributed by atoms with E-state index < -0.39 is 6.10 Å². The standard InChI is InChI=1S/C66H118O6/c1-4-7-10-13-16-19-22-25-28-30-31-32-33-34-35-36-39-41-44-47-50-53-56-59-65(68)71-62-63(61-70-64(67)58-55-52-49-46-43-40-37-27-24-21-18-15-12-9-6-3)72-66(69)60-57-54-51-48-45-42-38-29-26-23-20-17-14-11-8-5-2/h9,12,18,20-21,23,27,29,37-38,63H,4-8,10-11,13-17,19,22,24-26,28,30-36,39-62H2,1-3H3/b12-9-,21-18-,23-20-,37-27-,38-29-. The van der Waals surface area contributed by atoms with Gasteiger partial charge < -0.3 is 14.2 Å². The lowest BCUT2D eigenvalue weighted by Crippen LogP contribution is -2.30. The minimum atomic E-state index is -0.788. The van der Waals surface area contributed by atoms with Gasteiger partial charge in [-0.2, -0.15) is 0 Å². The second-order valence-electron chi connectivity index (χ2n) is 20.9. The molecule has 0 aliphatic rings. The Bertz CT molecular complexity index is 1290. The lowest BCUT2D eigenvalue weighted by atomic mass is 10.0. The molecule has 0 rings (SSSR count). The van der Waals surface area contributed by atoms with E-state index in [-0.39, 0.29) is 31.1 Å². The van der Waals surface area contributed by atoms with Crippen LogP contribution < -0.4 is 0 Å². The summed E-state index contributed by atoms with van der Waals surface area (Å²) in [6, 6.07) is 0. The number of carbonyl (C=O) groups is 3. The first-order valence-electron chi connectivity index (χ1n) is 31.3. The zero-order valence-electron chi connectivity index (χ0n) is 47.9. The maximum Gasteiger partial charge on any atom is 0.306 e. The molecule has 418 valence electrons. The number of hydrogen-bond acceptors (Lipinski definition) is 6. The highest BCUT2D eigenvalue weighted by atomic mass is 16.6. The summed E-state index contributed by atoms with van der Waals surface area (Å²) < 4.78 is 16.9. The Hall–Kier alpha value is -2.89. The number of allylic oxidation sites excluding steroid dienone is 10. The third kappa shape index (κ3) is 58.0. The summed E-state index contributed by atoms with van der Waals surface area (Å²) in [5.41, 5.74) is 0. The van der Waals surface area contributed by atoms with Crippen molar-refractivity contribution in [2.45, 2.75) is 329 Å². The Kier molecular flexibility index (Phi) is 58.2. The van der Waals surface area contributed by atoms with E-state index in [9.17, 15) is 14.4 Å². The summed E-state index contributed by atoms with van der Waals surface area (Å²) in [5.74, 6) is -0.898. The van der Waals surface area contributed by atoms with Crippen LogP contribution in [0.4, 0.5) is 0 Å². The minimum Gasteiger partial charge on any atom is -0.462 e. The van der Waals surface area contributed by atoms with Crippen molar-refractivity contribution in [3.8, 4) is 0 Å². The molecular formula is C66H118O6. The SMILES string of the molecule is CC/C=C\C/C=C\C/C=C\CCCCCCCC(=O)OCC(COC(=O)CCCCCCCCCCCCCCCCCCCCCCCCC)OC(=O)CCCCCCC/C=C\C/C=C\CCCCCC. The van der Waals surface area contributed by atoms with Crippen molar-refractivity contribution in [1.82, 2.24) is 0 Å². The van der Waals surface area contributed by atoms with Gasteiger partial charge in [-0.05, 0) is 83.5 Å². The zero-order chi connectivity index (χ0) is 52.2. The molecule has 0 radical (unpaired) electrons. The van der Waals surface area contributed by atoms with Crippen molar-refractivity contribution in [1.29, 1.82) is 0 Å². The van der Waals surface area contributed by atoms with Gasteiger partial charge >= 0.3 is 17.9 Å². The summed E-state index contributed by atoms with van der Waals surface area (Å²) in [5, 5.41) is 0. The van der Waals surface area contributed by atoms with Crippen molar-refractivity contribution in [3.05, 3.63) is 60.8 Å². The fraction of sp³-hybridized carbons (Fsp3) is 0.803. The number of esters is 3. The van der Waals surface area contributed by atoms with Crippen LogP contribution in [0.15, 0.2) is 60.8 Å². The number of unbranched alkanes of at least 4 members (excludes halogenated alkanes) is 36. The smallest absolute Gasteiger partial charge is 0.306 e. The largest absolute Gasteiger partial charge is 0.462 e. The predicted octanol–water partition coefficient (Wildman–Crippen LogP) is 21.2. The summed E-state index contributed by atoms with van der Waals surface area (Å²) in [4.78, 5) is 38.3. The van der Waals surface area contributed by atoms with Gasteiger partial charge in [-0.25, -0.2) is 0 Å². The second-order valence-corrected chi connectivity index (χ2v) is 20.9. The van der Waals surface area contributed by atoms with Gasteiger partial charge in [0.05, 0.1) is 0 Å². The molecule has 72 heavy (non-hydrogen) atoms. The Morgan fingerprint density at radius 2 is 0.542 bits per heavy atom. The molecular weight excluding hydrogens is 889 g/mol. The molecule has 6 nitrogen and oxygen atoms in total. The zero-order valence-corrected chi connectivity index (χ0v) is 47.9. The van der Waals surface area contributed by atoms with Gasteiger partial charge in [-0.3, -0.25) is 14.4 Å². The molecule has 0 saturated carbocycles. The summed E-state index contributed by atoms with van der Waals surface area (Å²) in [6.45, 7) is 6.53. The van der Waals surface area contributed by atoms with Crippen molar-refractivity contribution < 1.29 is 28.6 Å². The number of hydrogen-bond donors (Lipinski definition) is 0. The van der Waals surface area contributed by atoms with E-state index in [1.807, 2.05) is 0 Å². The normalized spacial score (nSPS) is 12.4. The molecule has 0 aliphatic carbocycles. The molecule has 0 heterocycles. The van der Waals surface area contributed by atoms with E-state index in [0.29, 0.717) is 19.3 Å². The molecule has 0 fully saturated rings. The van der Waals surface area contributed by atoms with Crippen LogP contribution in [0.1, 0.15) is 323 Å². The van der Waals surface area contributed by atoms with Crippen molar-refractivity contribution in [2.75, 3.05) is 13.2 Å². The molecule has 0 aromatic rings. The van der Waals surface area contributed by atoms with Crippen LogP contribution in [0.5, 0.6) is 0 Å². The molecule has 1 unspecified atom stereocenters. The molecule has 0 aliphatic heterocycles. The third-order valence-corrected chi connectivity index (χ3v) is 13.8. The highest BCUT2D eigenvalue weighted by Crippen LogP contribution is 2.17. The van der Waals surface area contributed by atoms with Crippen LogP contribution >= 0.6 is 0 Å². The van der Waals surface area contributed by atoms with Crippen molar-refractivity contribution in [3.63, 3.8) is 0 Å². The van der Waals surface area contributed by atoms with Gasteiger partial charge in [0.2, 0.25) is 0 Å². The van der Waals surface area contributed by atoms with Gasteiger partial charge in [0.25, 0.3) is 0 Å². The third-order valence-electron chi connectivity index (χ3n) is 13.8. The van der Waals surface area contributed by atoms with Crippen LogP contribution in [0, 0.1) is 0 Å². The second kappa shape index (κ2) is 60.7. The Balaban J connectivity index is 4.32. The fourth-order valence-electron chi connectivity index (χ4n) is 9.08. The molecule has 1 atom stereocenters. The Morgan fingerprint density at radius 1 is 0.292 bits per heavy atom. The van der Waals surface area contributed by atoms with E-state index in [1.54, 1.807) is 0 Å². The Labute approximate surface area is 447 Å². The number of ether oxygens (including phenoxy) is 3. The first-order valence-corrected chi connectivity index (χ1v) is 31.3. The van der Waals surface area contributed by atoms with E-state index in [0.717, 1.165) is 122 Å². The molecule has 0 aromatic carbocycles. The quantitative estimate of drug-likeness (QED) is 0.0261. The van der Waals surface area contributed by atoms with Crippen molar-refractivity contribution >= 4 is 17.9 Å². The van der Waals surface area contributed by atoms with Gasteiger partial charge in [-0.1, -0.05) is 281 Å². The van der Waals surface area contributed by atoms with Crippen LogP contribution in [0.2, 0.25) is 0 Å². The average Bonchev–Trinajstić information content (AvgIpc) is 3.38. The average molecular weight is 1010 g/mol. The molecule has 0 amide bonds. The van der Waals surface area contributed by atoms with Crippen molar-refractivity contribution in [2.24, 2.45) is 0 Å². The van der Waals surface area contributed by atoms with Crippen LogP contribution in [0.25, 0.3) is 0 Å². The van der Waals surface area contributed by atoms with Crippen LogP contribution in [-0.2, 0) is 28.6 Å². The van der Waals surface area contributed by atoms with Gasteiger partial charge in [0.15, 0.2) is 6.10 Å². The highest BCUT2D eigenvalue weighted by molar-refractivity contribution is 5.71. The summed E-state index contributed by atoms with van der Waals surface area (Å²) in [6.07, 6.45) is 76.6. The molecule has 0 saturated heterocycles. The summed E-state index contributed by atoms with van der Waals surface area (Å²) >= 11 is 0. The Morgan fingerprint density at radius 3 is 0.861 bits per heavy atom. The molecule has 6 heteroatoms. The molecule has 0 bridgehead atoms. The van der Waals surface area contributed by atoms with E-state index >= 15 is 0 Å². The lowest BCUT2D eigenvalue weighted by Gasteiger charge is -2.18. The predicted molar refractivity (Wildman–Crippen MR) is 312 cm³/mol. The maximum absolute atomic E-state index is 12.9. The monoisotopic (exact) mass is 1010 g/mol. The topological polar surface area (TPSA) is 78.9 Å². The van der Waals surface area contributed by atoms with Gasteiger partial charge in [0.1, 0.15) is 13.2 Å². The minimum absolute atomic E-state index is 0.0828. The number of carbonyl (C=O) groups excluding carboxylic acids is 3. The summed E-state index contributed by atoms with van der Waals surface area (Å²) in [7, 11) is 0. The van der Waals surface area contributed by atoms with Crippen LogP contribution in [-0.4, -0.2) is 37.2 Å². The van der Waals surface area contributed by atoms with E-state index in [4.69, 9.17) is 14.2 Å². The molecule has 0 spiro atoms. The fourth-order valence-corrected chi connectivity index (χ4v) is 9.08. The highest BCUT2D eigenvalue weighted by Gasteiger charge is 2.19. The first kappa shape index (κ1) is 69.1. The van der Waals surface area contributed by atoms with Crippen LogP contribution in [0.3, 0.4) is 0 Å². The van der Waals surface area contributed by atoms with E-state index in [1.165, 1.54) is 161 Å². The van der Waals surface area contributed by atoms with Gasteiger partial charge in [-0.15, -0.1) is 0 Å². The van der Waals surface area contributed by atoms with E-state index in [2.05, 4.69) is 81.5 Å². The maximum atomic E-state index is 12.9.